The molecule has 0 radical (unpaired) electrons. The molecule has 0 aliphatic heterocycles. The third-order valence-corrected chi connectivity index (χ3v) is 2.87. The van der Waals surface area contributed by atoms with Crippen LogP contribution in [0.2, 0.25) is 0 Å². The average Bonchev–Trinajstić information content (AvgIpc) is 2.38. The molecule has 116 valence electrons. The molecule has 0 atom stereocenters. The predicted octanol–water partition coefficient (Wildman–Crippen LogP) is 2.35. The molecule has 21 heavy (non-hydrogen) atoms. The molecule has 0 saturated heterocycles. The van der Waals surface area contributed by atoms with Crippen molar-refractivity contribution < 1.29 is 23.8 Å². The smallest absolute Gasteiger partial charge is 0.303 e. The maximum absolute atomic E-state index is 13.3. The van der Waals surface area contributed by atoms with Gasteiger partial charge in [-0.2, -0.15) is 0 Å². The molecule has 0 fully saturated rings. The Hall–Kier alpha value is -2.11. The number of carboxylic acids is 1. The summed E-state index contributed by atoms with van der Waals surface area (Å²) in [5.41, 5.74) is -0.604. The highest BCUT2D eigenvalue weighted by atomic mass is 19.1. The minimum absolute atomic E-state index is 0.0149. The Morgan fingerprint density at radius 2 is 1.95 bits per heavy atom. The standard InChI is InChI=1S/C15H20FNO4/c1-15(2,9-7-14(19)20)17-13(18)8-10-21-12-6-4-3-5-11(12)16/h3-6H,7-10H2,1-2H3,(H,17,18)(H,19,20). The van der Waals surface area contributed by atoms with Gasteiger partial charge in [0.15, 0.2) is 11.6 Å². The zero-order valence-electron chi connectivity index (χ0n) is 12.2. The van der Waals surface area contributed by atoms with Gasteiger partial charge in [-0.3, -0.25) is 9.59 Å². The zero-order valence-corrected chi connectivity index (χ0v) is 12.2. The van der Waals surface area contributed by atoms with Crippen LogP contribution in [0.25, 0.3) is 0 Å². The molecule has 0 aliphatic rings. The number of carbonyl (C=O) groups is 2. The van der Waals surface area contributed by atoms with Crippen LogP contribution in [0.15, 0.2) is 24.3 Å². The quantitative estimate of drug-likeness (QED) is 0.772. The van der Waals surface area contributed by atoms with Crippen molar-refractivity contribution >= 4 is 11.9 Å². The van der Waals surface area contributed by atoms with Crippen LogP contribution < -0.4 is 10.1 Å². The van der Waals surface area contributed by atoms with Crippen molar-refractivity contribution in [1.29, 1.82) is 0 Å². The van der Waals surface area contributed by atoms with Crippen molar-refractivity contribution in [2.45, 2.75) is 38.6 Å². The number of hydrogen-bond donors (Lipinski definition) is 2. The van der Waals surface area contributed by atoms with E-state index in [9.17, 15) is 14.0 Å². The lowest BCUT2D eigenvalue weighted by atomic mass is 9.98. The number of aliphatic carboxylic acids is 1. The number of para-hydroxylation sites is 1. The van der Waals surface area contributed by atoms with Crippen molar-refractivity contribution in [3.05, 3.63) is 30.1 Å². The van der Waals surface area contributed by atoms with Crippen LogP contribution in [0.5, 0.6) is 5.75 Å². The number of nitrogens with one attached hydrogen (secondary N) is 1. The summed E-state index contributed by atoms with van der Waals surface area (Å²) < 4.78 is 18.5. The molecule has 1 aromatic carbocycles. The Bertz CT molecular complexity index is 502. The van der Waals surface area contributed by atoms with Gasteiger partial charge < -0.3 is 15.2 Å². The second-order valence-electron chi connectivity index (χ2n) is 5.35. The van der Waals surface area contributed by atoms with Crippen LogP contribution in [-0.4, -0.2) is 29.1 Å². The van der Waals surface area contributed by atoms with Gasteiger partial charge in [0.05, 0.1) is 13.0 Å². The van der Waals surface area contributed by atoms with Gasteiger partial charge in [0.2, 0.25) is 5.91 Å². The van der Waals surface area contributed by atoms with Gasteiger partial charge in [-0.25, -0.2) is 4.39 Å². The van der Waals surface area contributed by atoms with E-state index in [2.05, 4.69) is 5.32 Å². The van der Waals surface area contributed by atoms with Crippen LogP contribution >= 0.6 is 0 Å². The molecule has 0 heterocycles. The number of halogens is 1. The fourth-order valence-corrected chi connectivity index (χ4v) is 1.74. The summed E-state index contributed by atoms with van der Waals surface area (Å²) >= 11 is 0. The minimum Gasteiger partial charge on any atom is -0.490 e. The molecular weight excluding hydrogens is 277 g/mol. The van der Waals surface area contributed by atoms with Gasteiger partial charge in [0, 0.05) is 12.0 Å². The topological polar surface area (TPSA) is 75.6 Å². The SMILES string of the molecule is CC(C)(CCC(=O)O)NC(=O)CCOc1ccccc1F. The molecule has 0 aromatic heterocycles. The Kier molecular flexibility index (Phi) is 6.14. The number of ether oxygens (including phenoxy) is 1. The van der Waals surface area contributed by atoms with E-state index in [0.29, 0.717) is 6.42 Å². The van der Waals surface area contributed by atoms with Gasteiger partial charge >= 0.3 is 5.97 Å². The van der Waals surface area contributed by atoms with Crippen molar-refractivity contribution in [1.82, 2.24) is 5.32 Å². The Morgan fingerprint density at radius 3 is 2.57 bits per heavy atom. The third-order valence-electron chi connectivity index (χ3n) is 2.87. The zero-order chi connectivity index (χ0) is 15.9. The maximum atomic E-state index is 13.3. The van der Waals surface area contributed by atoms with E-state index in [-0.39, 0.29) is 31.1 Å². The second-order valence-corrected chi connectivity index (χ2v) is 5.35. The Morgan fingerprint density at radius 1 is 1.29 bits per heavy atom. The van der Waals surface area contributed by atoms with E-state index in [1.54, 1.807) is 26.0 Å². The molecule has 5 nitrogen and oxygen atoms in total. The molecule has 0 spiro atoms. The average molecular weight is 297 g/mol. The molecule has 6 heteroatoms. The van der Waals surface area contributed by atoms with Crippen LogP contribution in [0, 0.1) is 5.82 Å². The molecule has 0 aliphatic carbocycles. The van der Waals surface area contributed by atoms with Gasteiger partial charge in [-0.15, -0.1) is 0 Å². The first-order chi connectivity index (χ1) is 9.80. The third kappa shape index (κ3) is 6.74. The van der Waals surface area contributed by atoms with E-state index in [0.717, 1.165) is 0 Å². The summed E-state index contributed by atoms with van der Waals surface area (Å²) in [4.78, 5) is 22.3. The predicted molar refractivity (Wildman–Crippen MR) is 75.6 cm³/mol. The van der Waals surface area contributed by atoms with Gasteiger partial charge in [0.25, 0.3) is 0 Å². The fourth-order valence-electron chi connectivity index (χ4n) is 1.74. The highest BCUT2D eigenvalue weighted by molar-refractivity contribution is 5.77. The Balaban J connectivity index is 2.34. The van der Waals surface area contributed by atoms with Crippen molar-refractivity contribution in [3.8, 4) is 5.75 Å². The molecule has 0 saturated carbocycles. The molecule has 2 N–H and O–H groups in total. The molecule has 1 aromatic rings. The van der Waals surface area contributed by atoms with Gasteiger partial charge in [-0.1, -0.05) is 12.1 Å². The summed E-state index contributed by atoms with van der Waals surface area (Å²) in [6, 6.07) is 5.97. The second kappa shape index (κ2) is 7.61. The first kappa shape index (κ1) is 16.9. The van der Waals surface area contributed by atoms with E-state index < -0.39 is 17.3 Å². The number of carboxylic acid groups (broad SMARTS) is 1. The van der Waals surface area contributed by atoms with E-state index in [1.165, 1.54) is 12.1 Å². The van der Waals surface area contributed by atoms with Crippen molar-refractivity contribution in [2.24, 2.45) is 0 Å². The van der Waals surface area contributed by atoms with Crippen molar-refractivity contribution in [3.63, 3.8) is 0 Å². The van der Waals surface area contributed by atoms with Gasteiger partial charge in [0.1, 0.15) is 0 Å². The maximum Gasteiger partial charge on any atom is 0.303 e. The molecule has 1 rings (SSSR count). The van der Waals surface area contributed by atoms with E-state index >= 15 is 0 Å². The molecule has 1 amide bonds. The summed E-state index contributed by atoms with van der Waals surface area (Å²) in [6.07, 6.45) is 0.395. The van der Waals surface area contributed by atoms with Crippen molar-refractivity contribution in [2.75, 3.05) is 6.61 Å². The largest absolute Gasteiger partial charge is 0.490 e. The van der Waals surface area contributed by atoms with Gasteiger partial charge in [-0.05, 0) is 32.4 Å². The van der Waals surface area contributed by atoms with Crippen LogP contribution in [0.3, 0.4) is 0 Å². The number of hydrogen-bond acceptors (Lipinski definition) is 3. The van der Waals surface area contributed by atoms with Crippen LogP contribution in [0.1, 0.15) is 33.1 Å². The molecule has 0 unspecified atom stereocenters. The fraction of sp³-hybridized carbons (Fsp3) is 0.467. The monoisotopic (exact) mass is 297 g/mol. The lowest BCUT2D eigenvalue weighted by Crippen LogP contribution is -2.44. The first-order valence-corrected chi connectivity index (χ1v) is 6.70. The van der Waals surface area contributed by atoms with Crippen LogP contribution in [-0.2, 0) is 9.59 Å². The normalized spacial score (nSPS) is 11.0. The molecular formula is C15H20FNO4. The number of carbonyl (C=O) groups excluding carboxylic acids is 1. The minimum atomic E-state index is -0.903. The highest BCUT2D eigenvalue weighted by Crippen LogP contribution is 2.15. The van der Waals surface area contributed by atoms with E-state index in [4.69, 9.17) is 9.84 Å². The summed E-state index contributed by atoms with van der Waals surface area (Å²) in [5, 5.41) is 11.4. The summed E-state index contributed by atoms with van der Waals surface area (Å²) in [6.45, 7) is 3.57. The Labute approximate surface area is 123 Å². The van der Waals surface area contributed by atoms with Crippen LogP contribution in [0.4, 0.5) is 4.39 Å². The molecule has 0 bridgehead atoms. The number of amides is 1. The summed E-state index contributed by atoms with van der Waals surface area (Å²) in [7, 11) is 0. The number of rotatable bonds is 8. The number of benzene rings is 1. The lowest BCUT2D eigenvalue weighted by Gasteiger charge is -2.25. The summed E-state index contributed by atoms with van der Waals surface area (Å²) in [5.74, 6) is -1.53. The van der Waals surface area contributed by atoms with E-state index in [1.807, 2.05) is 0 Å². The first-order valence-electron chi connectivity index (χ1n) is 6.70. The lowest BCUT2D eigenvalue weighted by molar-refractivity contribution is -0.137. The highest BCUT2D eigenvalue weighted by Gasteiger charge is 2.21.